The highest BCUT2D eigenvalue weighted by atomic mass is 16.6. The summed E-state index contributed by atoms with van der Waals surface area (Å²) < 4.78 is 12.8. The average Bonchev–Trinajstić information content (AvgIpc) is 3.59. The van der Waals surface area contributed by atoms with Crippen LogP contribution in [0.25, 0.3) is 5.65 Å². The second kappa shape index (κ2) is 14.5. The Morgan fingerprint density at radius 2 is 1.86 bits per heavy atom. The Labute approximate surface area is 256 Å². The highest BCUT2D eigenvalue weighted by Gasteiger charge is 2.33. The molecule has 1 aliphatic heterocycles. The number of pyridine rings is 2. The number of amides is 2. The number of hydrogen-bond acceptors (Lipinski definition) is 8. The van der Waals surface area contributed by atoms with E-state index in [1.165, 1.54) is 6.33 Å². The van der Waals surface area contributed by atoms with Gasteiger partial charge in [-0.3, -0.25) is 9.69 Å². The van der Waals surface area contributed by atoms with Gasteiger partial charge in [-0.1, -0.05) is 41.5 Å². The van der Waals surface area contributed by atoms with Crippen molar-refractivity contribution >= 4 is 34.8 Å². The van der Waals surface area contributed by atoms with Gasteiger partial charge >= 0.3 is 12.0 Å². The largest absolute Gasteiger partial charge is 0.494 e. The van der Waals surface area contributed by atoms with Crippen molar-refractivity contribution in [3.05, 3.63) is 36.4 Å². The van der Waals surface area contributed by atoms with Gasteiger partial charge in [0.2, 0.25) is 0 Å². The number of esters is 1. The summed E-state index contributed by atoms with van der Waals surface area (Å²) in [6.07, 6.45) is 6.27. The summed E-state index contributed by atoms with van der Waals surface area (Å²) in [6, 6.07) is 3.44. The van der Waals surface area contributed by atoms with Crippen molar-refractivity contribution < 1.29 is 19.1 Å². The van der Waals surface area contributed by atoms with Crippen molar-refractivity contribution in [3.8, 4) is 5.75 Å². The minimum Gasteiger partial charge on any atom is -0.494 e. The van der Waals surface area contributed by atoms with Gasteiger partial charge in [0.25, 0.3) is 0 Å². The predicted octanol–water partition coefficient (Wildman–Crippen LogP) is 6.22. The quantitative estimate of drug-likeness (QED) is 0.275. The summed E-state index contributed by atoms with van der Waals surface area (Å²) in [5, 5.41) is 7.12. The molecule has 0 fully saturated rings. The second-order valence-electron chi connectivity index (χ2n) is 12.1. The zero-order valence-corrected chi connectivity index (χ0v) is 27.5. The fourth-order valence-electron chi connectivity index (χ4n) is 5.42. The monoisotopic (exact) mass is 595 g/mol. The van der Waals surface area contributed by atoms with Crippen LogP contribution < -0.4 is 19.9 Å². The first-order chi connectivity index (χ1) is 20.4. The van der Waals surface area contributed by atoms with E-state index < -0.39 is 5.60 Å². The fraction of sp³-hybridized carbons (Fsp3) is 0.594. The molecule has 0 radical (unpaired) electrons. The van der Waals surface area contributed by atoms with Gasteiger partial charge in [0, 0.05) is 43.1 Å². The van der Waals surface area contributed by atoms with Crippen LogP contribution in [-0.2, 0) is 16.0 Å². The SMILES string of the molecule is CC.CCC(C(=O)OC(C)(C)C)C(C)CN(CC(C)C)c1ccnc2c1CCN2C(=O)Nc1cn2ncnc2cc1OC. The van der Waals surface area contributed by atoms with Gasteiger partial charge in [-0.05, 0) is 51.5 Å². The van der Waals surface area contributed by atoms with Crippen LogP contribution in [0.2, 0.25) is 0 Å². The van der Waals surface area contributed by atoms with E-state index in [2.05, 4.69) is 46.1 Å². The summed E-state index contributed by atoms with van der Waals surface area (Å²) in [7, 11) is 1.55. The van der Waals surface area contributed by atoms with E-state index in [0.29, 0.717) is 54.8 Å². The highest BCUT2D eigenvalue weighted by Crippen LogP contribution is 2.36. The third-order valence-corrected chi connectivity index (χ3v) is 7.20. The lowest BCUT2D eigenvalue weighted by atomic mass is 9.90. The number of carbonyl (C=O) groups excluding carboxylic acids is 2. The van der Waals surface area contributed by atoms with Crippen LogP contribution in [0.15, 0.2) is 30.9 Å². The van der Waals surface area contributed by atoms with Gasteiger partial charge in [-0.2, -0.15) is 5.10 Å². The van der Waals surface area contributed by atoms with Gasteiger partial charge in [0.05, 0.1) is 19.2 Å². The van der Waals surface area contributed by atoms with Crippen molar-refractivity contribution in [2.75, 3.05) is 41.9 Å². The molecule has 11 heteroatoms. The van der Waals surface area contributed by atoms with E-state index in [1.807, 2.05) is 47.6 Å². The first kappa shape index (κ1) is 33.6. The second-order valence-corrected chi connectivity index (χ2v) is 12.1. The molecule has 4 heterocycles. The van der Waals surface area contributed by atoms with Crippen LogP contribution in [0.5, 0.6) is 5.75 Å². The molecule has 0 aromatic carbocycles. The molecule has 3 aromatic heterocycles. The summed E-state index contributed by atoms with van der Waals surface area (Å²) in [6.45, 7) is 20.2. The van der Waals surface area contributed by atoms with E-state index >= 15 is 0 Å². The van der Waals surface area contributed by atoms with Crippen LogP contribution in [0, 0.1) is 17.8 Å². The molecule has 0 saturated heterocycles. The molecular weight excluding hydrogens is 546 g/mol. The number of rotatable bonds is 10. The lowest BCUT2D eigenvalue weighted by Gasteiger charge is -2.34. The number of carbonyl (C=O) groups is 2. The first-order valence-corrected chi connectivity index (χ1v) is 15.3. The Hall–Kier alpha value is -3.89. The Kier molecular flexibility index (Phi) is 11.4. The Morgan fingerprint density at radius 1 is 1.14 bits per heavy atom. The molecule has 0 aliphatic carbocycles. The normalized spacial score (nSPS) is 14.1. The standard InChI is InChI=1S/C30H43N7O4.C2H6/c1-9-21(28(38)41-30(5,6)7)20(4)16-35(15-19(2)3)24-10-12-31-27-22(24)11-13-36(27)29(39)34-23-17-37-26(32-18-33-37)14-25(23)40-8;1-2/h10,12,14,17-21H,9,11,13,15-16H2,1-8H3,(H,34,39);1-2H3. The maximum Gasteiger partial charge on any atom is 0.327 e. The summed E-state index contributed by atoms with van der Waals surface area (Å²) in [5.41, 5.74) is 2.66. The number of nitrogens with zero attached hydrogens (tertiary/aromatic N) is 6. The zero-order valence-electron chi connectivity index (χ0n) is 27.5. The van der Waals surface area contributed by atoms with Crippen molar-refractivity contribution in [2.45, 2.75) is 80.8 Å². The van der Waals surface area contributed by atoms with Gasteiger partial charge in [0.15, 0.2) is 5.65 Å². The minimum absolute atomic E-state index is 0.0670. The summed E-state index contributed by atoms with van der Waals surface area (Å²) in [4.78, 5) is 39.3. The van der Waals surface area contributed by atoms with E-state index in [9.17, 15) is 9.59 Å². The molecule has 1 N–H and O–H groups in total. The van der Waals surface area contributed by atoms with E-state index in [4.69, 9.17) is 9.47 Å². The van der Waals surface area contributed by atoms with Crippen molar-refractivity contribution in [3.63, 3.8) is 0 Å². The van der Waals surface area contributed by atoms with Gasteiger partial charge in [0.1, 0.15) is 29.2 Å². The van der Waals surface area contributed by atoms with Crippen molar-refractivity contribution in [2.24, 2.45) is 17.8 Å². The Morgan fingerprint density at radius 3 is 2.49 bits per heavy atom. The van der Waals surface area contributed by atoms with Crippen LogP contribution in [0.4, 0.5) is 22.0 Å². The molecule has 1 aliphatic rings. The highest BCUT2D eigenvalue weighted by molar-refractivity contribution is 6.03. The Balaban J connectivity index is 0.00000248. The van der Waals surface area contributed by atoms with Crippen LogP contribution in [0.3, 0.4) is 0 Å². The number of anilines is 3. The third-order valence-electron chi connectivity index (χ3n) is 7.20. The topological polar surface area (TPSA) is 114 Å². The molecule has 0 spiro atoms. The number of hydrogen-bond donors (Lipinski definition) is 1. The molecule has 43 heavy (non-hydrogen) atoms. The molecule has 2 amide bonds. The van der Waals surface area contributed by atoms with E-state index in [1.54, 1.807) is 35.0 Å². The zero-order chi connectivity index (χ0) is 31.9. The van der Waals surface area contributed by atoms with Crippen LogP contribution in [0.1, 0.15) is 74.3 Å². The molecule has 4 rings (SSSR count). The number of ether oxygens (including phenoxy) is 2. The number of nitrogens with one attached hydrogen (secondary N) is 1. The Bertz CT molecular complexity index is 1380. The molecule has 3 aromatic rings. The molecule has 0 saturated carbocycles. The van der Waals surface area contributed by atoms with E-state index in [-0.39, 0.29) is 23.8 Å². The van der Waals surface area contributed by atoms with Gasteiger partial charge in [-0.15, -0.1) is 0 Å². The van der Waals surface area contributed by atoms with Crippen LogP contribution >= 0.6 is 0 Å². The lowest BCUT2D eigenvalue weighted by molar-refractivity contribution is -0.161. The van der Waals surface area contributed by atoms with Gasteiger partial charge in [-0.25, -0.2) is 19.3 Å². The molecule has 236 valence electrons. The number of methoxy groups -OCH3 is 1. The number of fused-ring (bicyclic) bond motifs is 2. The molecule has 2 unspecified atom stereocenters. The van der Waals surface area contributed by atoms with Crippen molar-refractivity contribution in [1.29, 1.82) is 0 Å². The third kappa shape index (κ3) is 8.14. The predicted molar refractivity (Wildman–Crippen MR) is 171 cm³/mol. The van der Waals surface area contributed by atoms with E-state index in [0.717, 1.165) is 17.8 Å². The fourth-order valence-corrected chi connectivity index (χ4v) is 5.42. The molecular formula is C32H49N7O4. The average molecular weight is 596 g/mol. The molecule has 11 nitrogen and oxygen atoms in total. The number of urea groups is 1. The smallest absolute Gasteiger partial charge is 0.327 e. The lowest BCUT2D eigenvalue weighted by Crippen LogP contribution is -2.39. The summed E-state index contributed by atoms with van der Waals surface area (Å²) in [5.74, 6) is 1.23. The van der Waals surface area contributed by atoms with Crippen molar-refractivity contribution in [1.82, 2.24) is 19.6 Å². The first-order valence-electron chi connectivity index (χ1n) is 15.3. The maximum atomic E-state index is 13.5. The number of aromatic nitrogens is 4. The maximum absolute atomic E-state index is 13.5. The van der Waals surface area contributed by atoms with Gasteiger partial charge < -0.3 is 19.7 Å². The molecule has 2 atom stereocenters. The minimum atomic E-state index is -0.525. The summed E-state index contributed by atoms with van der Waals surface area (Å²) >= 11 is 0. The molecule has 0 bridgehead atoms. The van der Waals surface area contributed by atoms with Crippen LogP contribution in [-0.4, -0.2) is 63.9 Å².